The largest absolute Gasteiger partial charge is 0.405 e. The smallest absolute Gasteiger partial charge is 0.346 e. The molecule has 0 aliphatic rings. The topological polar surface area (TPSA) is 96.5 Å². The Labute approximate surface area is 200 Å². The van der Waals surface area contributed by atoms with E-state index in [1.807, 2.05) is 18.3 Å². The van der Waals surface area contributed by atoms with Crippen LogP contribution in [0.15, 0.2) is 61.3 Å². The molecule has 1 aromatic carbocycles. The molecule has 7 nitrogen and oxygen atoms in total. The van der Waals surface area contributed by atoms with Gasteiger partial charge < -0.3 is 10.3 Å². The summed E-state index contributed by atoms with van der Waals surface area (Å²) in [5, 5.41) is 2.85. The average Bonchev–Trinajstić information content (AvgIpc) is 3.30. The van der Waals surface area contributed by atoms with Gasteiger partial charge in [-0.15, -0.1) is 0 Å². The number of halogens is 3. The fraction of sp³-hybridized carbons (Fsp3) is 0.320. The second-order valence-corrected chi connectivity index (χ2v) is 8.27. The third kappa shape index (κ3) is 6.00. The van der Waals surface area contributed by atoms with E-state index in [-0.39, 0.29) is 5.92 Å². The molecule has 0 aliphatic carbocycles. The molecule has 0 saturated heterocycles. The Kier molecular flexibility index (Phi) is 7.38. The predicted octanol–water partition coefficient (Wildman–Crippen LogP) is 5.15. The number of alkyl halides is 3. The molecule has 0 spiro atoms. The van der Waals surface area contributed by atoms with E-state index < -0.39 is 24.5 Å². The maximum absolute atomic E-state index is 12.7. The molecule has 10 heteroatoms. The van der Waals surface area contributed by atoms with Gasteiger partial charge in [-0.05, 0) is 30.9 Å². The van der Waals surface area contributed by atoms with Crippen LogP contribution in [0.1, 0.15) is 49.3 Å². The number of amides is 1. The molecule has 3 heterocycles. The first-order valence-electron chi connectivity index (χ1n) is 11.4. The zero-order valence-corrected chi connectivity index (χ0v) is 19.1. The molecular formula is C25H25F3N6O. The van der Waals surface area contributed by atoms with Gasteiger partial charge in [0.05, 0.1) is 5.92 Å². The summed E-state index contributed by atoms with van der Waals surface area (Å²) in [6, 6.07) is 10.7. The highest BCUT2D eigenvalue weighted by Gasteiger charge is 2.30. The third-order valence-electron chi connectivity index (χ3n) is 5.97. The summed E-state index contributed by atoms with van der Waals surface area (Å²) in [5.74, 6) is -0.797. The number of aromatic amines is 1. The number of aromatic nitrogens is 5. The van der Waals surface area contributed by atoms with Crippen LogP contribution in [0.25, 0.3) is 22.4 Å². The molecule has 0 aliphatic heterocycles. The molecule has 4 rings (SSSR count). The van der Waals surface area contributed by atoms with Gasteiger partial charge in [-0.1, -0.05) is 37.3 Å². The molecule has 2 atom stereocenters. The summed E-state index contributed by atoms with van der Waals surface area (Å²) in [6.45, 7) is 0.670. The molecule has 182 valence electrons. The van der Waals surface area contributed by atoms with Gasteiger partial charge in [0.1, 0.15) is 18.5 Å². The zero-order valence-electron chi connectivity index (χ0n) is 19.1. The first-order chi connectivity index (χ1) is 16.9. The molecule has 2 unspecified atom stereocenters. The molecule has 35 heavy (non-hydrogen) atoms. The van der Waals surface area contributed by atoms with E-state index in [0.717, 1.165) is 23.1 Å². The number of hydrogen-bond donors (Lipinski definition) is 2. The van der Waals surface area contributed by atoms with Crippen molar-refractivity contribution in [1.82, 2.24) is 30.2 Å². The Bertz CT molecular complexity index is 1270. The minimum absolute atomic E-state index is 0.000153. The Morgan fingerprint density at radius 3 is 2.66 bits per heavy atom. The summed E-state index contributed by atoms with van der Waals surface area (Å²) in [6.07, 6.45) is 3.87. The Balaban J connectivity index is 1.53. The van der Waals surface area contributed by atoms with Crippen LogP contribution in [0, 0.1) is 0 Å². The minimum Gasteiger partial charge on any atom is -0.346 e. The van der Waals surface area contributed by atoms with Gasteiger partial charge in [0.2, 0.25) is 5.91 Å². The molecule has 2 N–H and O–H groups in total. The van der Waals surface area contributed by atoms with Gasteiger partial charge in [-0.2, -0.15) is 13.2 Å². The summed E-state index contributed by atoms with van der Waals surface area (Å²) < 4.78 is 38.1. The standard InChI is InChI=1S/C25H25F3N6O/c1-2-16(8-9-18(17-6-4-3-5-7-17)24(35)32-14-25(26,27)28)21-10-11-30-23(34-21)20-13-31-22-19(20)12-29-15-33-22/h3-7,10-13,15-16,18H,2,8-9,14H2,1H3,(H,32,35)(H,29,31,33). The van der Waals surface area contributed by atoms with Crippen LogP contribution in [0.5, 0.6) is 0 Å². The zero-order chi connectivity index (χ0) is 24.8. The van der Waals surface area contributed by atoms with Crippen molar-refractivity contribution >= 4 is 16.9 Å². The summed E-state index contributed by atoms with van der Waals surface area (Å²) >= 11 is 0. The van der Waals surface area contributed by atoms with Gasteiger partial charge in [-0.25, -0.2) is 19.9 Å². The summed E-state index contributed by atoms with van der Waals surface area (Å²) in [5.41, 5.74) is 2.97. The number of carbonyl (C=O) groups is 1. The van der Waals surface area contributed by atoms with Crippen LogP contribution in [0.2, 0.25) is 0 Å². The molecule has 4 aromatic rings. The second kappa shape index (κ2) is 10.6. The van der Waals surface area contributed by atoms with Crippen molar-refractivity contribution in [2.45, 2.75) is 44.2 Å². The SMILES string of the molecule is CCC(CCC(C(=O)NCC(F)(F)F)c1ccccc1)c1ccnc(-c2c[nH]c3ncncc23)n1. The minimum atomic E-state index is -4.46. The Morgan fingerprint density at radius 1 is 1.11 bits per heavy atom. The fourth-order valence-corrected chi connectivity index (χ4v) is 4.15. The normalized spacial score (nSPS) is 13.5. The molecule has 0 radical (unpaired) electrons. The van der Waals surface area contributed by atoms with Crippen LogP contribution in [-0.4, -0.2) is 43.5 Å². The number of benzene rings is 1. The number of nitrogens with zero attached hydrogens (tertiary/aromatic N) is 4. The van der Waals surface area contributed by atoms with Crippen molar-refractivity contribution in [3.05, 3.63) is 72.6 Å². The van der Waals surface area contributed by atoms with Gasteiger partial charge >= 0.3 is 6.18 Å². The fourth-order valence-electron chi connectivity index (χ4n) is 4.15. The second-order valence-electron chi connectivity index (χ2n) is 8.27. The monoisotopic (exact) mass is 482 g/mol. The molecule has 0 bridgehead atoms. The Hall–Kier alpha value is -3.82. The number of H-pyrrole nitrogens is 1. The van der Waals surface area contributed by atoms with Gasteiger partial charge in [0, 0.05) is 41.2 Å². The molecule has 1 amide bonds. The lowest BCUT2D eigenvalue weighted by Crippen LogP contribution is -2.37. The third-order valence-corrected chi connectivity index (χ3v) is 5.97. The van der Waals surface area contributed by atoms with Crippen LogP contribution in [0.3, 0.4) is 0 Å². The van der Waals surface area contributed by atoms with E-state index in [0.29, 0.717) is 29.9 Å². The molecule has 0 fully saturated rings. The summed E-state index contributed by atoms with van der Waals surface area (Å²) in [4.78, 5) is 33.2. The van der Waals surface area contributed by atoms with Crippen LogP contribution >= 0.6 is 0 Å². The lowest BCUT2D eigenvalue weighted by molar-refractivity contribution is -0.139. The van der Waals surface area contributed by atoms with Crippen molar-refractivity contribution in [2.24, 2.45) is 0 Å². The number of nitrogens with one attached hydrogen (secondary N) is 2. The first kappa shape index (κ1) is 24.3. The highest BCUT2D eigenvalue weighted by atomic mass is 19.4. The molecule has 0 saturated carbocycles. The lowest BCUT2D eigenvalue weighted by atomic mass is 9.87. The van der Waals surface area contributed by atoms with Crippen LogP contribution in [0.4, 0.5) is 13.2 Å². The number of carbonyl (C=O) groups excluding carboxylic acids is 1. The number of fused-ring (bicyclic) bond motifs is 1. The van der Waals surface area contributed by atoms with E-state index >= 15 is 0 Å². The quantitative estimate of drug-likeness (QED) is 0.344. The van der Waals surface area contributed by atoms with Gasteiger partial charge in [0.25, 0.3) is 0 Å². The molecular weight excluding hydrogens is 457 g/mol. The van der Waals surface area contributed by atoms with Gasteiger partial charge in [-0.3, -0.25) is 4.79 Å². The van der Waals surface area contributed by atoms with E-state index in [4.69, 9.17) is 4.98 Å². The van der Waals surface area contributed by atoms with Crippen LogP contribution in [-0.2, 0) is 4.79 Å². The average molecular weight is 483 g/mol. The van der Waals surface area contributed by atoms with E-state index in [1.165, 1.54) is 6.33 Å². The van der Waals surface area contributed by atoms with E-state index in [9.17, 15) is 18.0 Å². The first-order valence-corrected chi connectivity index (χ1v) is 11.4. The van der Waals surface area contributed by atoms with Crippen molar-refractivity contribution in [3.63, 3.8) is 0 Å². The van der Waals surface area contributed by atoms with Gasteiger partial charge in [0.15, 0.2) is 5.82 Å². The van der Waals surface area contributed by atoms with Crippen molar-refractivity contribution in [3.8, 4) is 11.4 Å². The Morgan fingerprint density at radius 2 is 1.91 bits per heavy atom. The van der Waals surface area contributed by atoms with Crippen LogP contribution < -0.4 is 5.32 Å². The van der Waals surface area contributed by atoms with E-state index in [1.54, 1.807) is 48.9 Å². The van der Waals surface area contributed by atoms with Crippen molar-refractivity contribution < 1.29 is 18.0 Å². The van der Waals surface area contributed by atoms with E-state index in [2.05, 4.69) is 19.9 Å². The predicted molar refractivity (Wildman–Crippen MR) is 125 cm³/mol. The van der Waals surface area contributed by atoms with Crippen molar-refractivity contribution in [1.29, 1.82) is 0 Å². The van der Waals surface area contributed by atoms with Crippen molar-refractivity contribution in [2.75, 3.05) is 6.54 Å². The number of hydrogen-bond acceptors (Lipinski definition) is 5. The maximum Gasteiger partial charge on any atom is 0.405 e. The maximum atomic E-state index is 12.7. The highest BCUT2D eigenvalue weighted by molar-refractivity contribution is 5.90. The summed E-state index contributed by atoms with van der Waals surface area (Å²) in [7, 11) is 0. The highest BCUT2D eigenvalue weighted by Crippen LogP contribution is 2.31. The number of rotatable bonds is 9. The lowest BCUT2D eigenvalue weighted by Gasteiger charge is -2.21. The molecule has 3 aromatic heterocycles.